The van der Waals surface area contributed by atoms with Crippen LogP contribution in [0.25, 0.3) is 0 Å². The molecule has 0 radical (unpaired) electrons. The summed E-state index contributed by atoms with van der Waals surface area (Å²) in [7, 11) is 3.37. The van der Waals surface area contributed by atoms with Crippen LogP contribution in [0, 0.1) is 0 Å². The molecule has 0 aromatic heterocycles. The van der Waals surface area contributed by atoms with Gasteiger partial charge in [-0.25, -0.2) is 0 Å². The van der Waals surface area contributed by atoms with E-state index in [2.05, 4.69) is 23.5 Å². The highest BCUT2D eigenvalue weighted by molar-refractivity contribution is 5.48. The molecule has 0 spiro atoms. The Morgan fingerprint density at radius 2 is 2.08 bits per heavy atom. The van der Waals surface area contributed by atoms with Crippen molar-refractivity contribution in [2.75, 3.05) is 34.4 Å². The van der Waals surface area contributed by atoms with Crippen LogP contribution in [0.1, 0.15) is 17.9 Å². The zero-order valence-electron chi connectivity index (χ0n) is 14.0. The molecule has 1 aliphatic carbocycles. The zero-order valence-corrected chi connectivity index (χ0v) is 14.0. The lowest BCUT2D eigenvalue weighted by Crippen LogP contribution is -2.40. The van der Waals surface area contributed by atoms with Crippen LogP contribution in [0.3, 0.4) is 0 Å². The molecule has 1 N–H and O–H groups in total. The fraction of sp³-hybridized carbons (Fsp3) is 0.556. The molecule has 24 heavy (non-hydrogen) atoms. The van der Waals surface area contributed by atoms with E-state index in [9.17, 15) is 0 Å². The summed E-state index contributed by atoms with van der Waals surface area (Å²) in [6.07, 6.45) is 3.06. The maximum absolute atomic E-state index is 5.81. The van der Waals surface area contributed by atoms with Crippen LogP contribution >= 0.6 is 0 Å². The van der Waals surface area contributed by atoms with E-state index >= 15 is 0 Å². The predicted octanol–water partition coefficient (Wildman–Crippen LogP) is 1.80. The van der Waals surface area contributed by atoms with Crippen molar-refractivity contribution in [3.8, 4) is 11.5 Å². The van der Waals surface area contributed by atoms with Gasteiger partial charge >= 0.3 is 0 Å². The number of hydrogen-bond donors (Lipinski definition) is 1. The lowest BCUT2D eigenvalue weighted by Gasteiger charge is -2.32. The standard InChI is InChI=1S/C18H23NO5/c1-20-9-22-18-6-12-13(8-19-14(12)7-16(18)21-2)11-3-4-15-17(5-11)24-10-23-15/h3-6,13-14,16,18-19H,7-10H2,1-2H3/t13-,14+,16-,18+/m0/s1. The minimum atomic E-state index is -0.0855. The molecular weight excluding hydrogens is 310 g/mol. The van der Waals surface area contributed by atoms with Crippen molar-refractivity contribution in [1.29, 1.82) is 0 Å². The molecule has 1 fully saturated rings. The van der Waals surface area contributed by atoms with Gasteiger partial charge in [-0.3, -0.25) is 0 Å². The van der Waals surface area contributed by atoms with Crippen LogP contribution in [0.5, 0.6) is 11.5 Å². The first-order valence-electron chi connectivity index (χ1n) is 8.28. The van der Waals surface area contributed by atoms with E-state index in [0.29, 0.717) is 18.8 Å². The van der Waals surface area contributed by atoms with Crippen molar-refractivity contribution < 1.29 is 23.7 Å². The minimum absolute atomic E-state index is 0.0388. The fourth-order valence-corrected chi connectivity index (χ4v) is 3.83. The largest absolute Gasteiger partial charge is 0.454 e. The van der Waals surface area contributed by atoms with E-state index in [0.717, 1.165) is 24.5 Å². The number of nitrogens with one attached hydrogen (secondary N) is 1. The topological polar surface area (TPSA) is 58.2 Å². The van der Waals surface area contributed by atoms with Gasteiger partial charge in [0.25, 0.3) is 0 Å². The molecule has 6 nitrogen and oxygen atoms in total. The third-order valence-electron chi connectivity index (χ3n) is 5.04. The van der Waals surface area contributed by atoms with Gasteiger partial charge < -0.3 is 29.0 Å². The molecule has 2 aliphatic heterocycles. The second kappa shape index (κ2) is 6.72. The van der Waals surface area contributed by atoms with Gasteiger partial charge in [0.2, 0.25) is 6.79 Å². The average molecular weight is 333 g/mol. The molecule has 1 aromatic carbocycles. The Labute approximate surface area is 141 Å². The number of ether oxygens (including phenoxy) is 5. The quantitative estimate of drug-likeness (QED) is 0.655. The van der Waals surface area contributed by atoms with Gasteiger partial charge in [0.15, 0.2) is 11.5 Å². The summed E-state index contributed by atoms with van der Waals surface area (Å²) in [5.74, 6) is 1.96. The molecule has 1 aromatic rings. The van der Waals surface area contributed by atoms with Gasteiger partial charge in [0.05, 0.1) is 6.10 Å². The van der Waals surface area contributed by atoms with Gasteiger partial charge in [-0.1, -0.05) is 12.1 Å². The molecule has 0 bridgehead atoms. The number of hydrogen-bond acceptors (Lipinski definition) is 6. The van der Waals surface area contributed by atoms with Crippen molar-refractivity contribution in [2.45, 2.75) is 30.6 Å². The Morgan fingerprint density at radius 3 is 2.92 bits per heavy atom. The fourth-order valence-electron chi connectivity index (χ4n) is 3.83. The van der Waals surface area contributed by atoms with Gasteiger partial charge in [-0.2, -0.15) is 0 Å². The Morgan fingerprint density at radius 1 is 1.21 bits per heavy atom. The molecule has 4 atom stereocenters. The van der Waals surface area contributed by atoms with Crippen LogP contribution in [0.15, 0.2) is 29.8 Å². The summed E-state index contributed by atoms with van der Waals surface area (Å²) in [5.41, 5.74) is 2.60. The molecule has 1 saturated heterocycles. The molecule has 6 heteroatoms. The lowest BCUT2D eigenvalue weighted by molar-refractivity contribution is -0.107. The van der Waals surface area contributed by atoms with E-state index in [1.54, 1.807) is 14.2 Å². The van der Waals surface area contributed by atoms with E-state index in [4.69, 9.17) is 23.7 Å². The minimum Gasteiger partial charge on any atom is -0.454 e. The summed E-state index contributed by atoms with van der Waals surface area (Å²) >= 11 is 0. The summed E-state index contributed by atoms with van der Waals surface area (Å²) in [5, 5.41) is 3.61. The number of benzene rings is 1. The average Bonchev–Trinajstić information content (AvgIpc) is 3.24. The van der Waals surface area contributed by atoms with Crippen molar-refractivity contribution in [1.82, 2.24) is 5.32 Å². The van der Waals surface area contributed by atoms with Crippen LogP contribution in [0.2, 0.25) is 0 Å². The molecule has 0 unspecified atom stereocenters. The molecule has 3 aliphatic rings. The monoisotopic (exact) mass is 333 g/mol. The normalized spacial score (nSPS) is 31.0. The van der Waals surface area contributed by atoms with Crippen LogP contribution in [0.4, 0.5) is 0 Å². The van der Waals surface area contributed by atoms with Crippen LogP contribution in [-0.2, 0) is 14.2 Å². The summed E-state index contributed by atoms with van der Waals surface area (Å²) in [6.45, 7) is 1.47. The number of fused-ring (bicyclic) bond motifs is 2. The van der Waals surface area contributed by atoms with Crippen molar-refractivity contribution in [3.63, 3.8) is 0 Å². The Bertz CT molecular complexity index is 632. The second-order valence-corrected chi connectivity index (χ2v) is 6.34. The summed E-state index contributed by atoms with van der Waals surface area (Å²) in [4.78, 5) is 0. The summed E-state index contributed by atoms with van der Waals surface area (Å²) < 4.78 is 27.4. The zero-order chi connectivity index (χ0) is 16.5. The third-order valence-corrected chi connectivity index (χ3v) is 5.04. The van der Waals surface area contributed by atoms with E-state index in [1.165, 1.54) is 11.1 Å². The first kappa shape index (κ1) is 15.9. The molecule has 0 saturated carbocycles. The second-order valence-electron chi connectivity index (χ2n) is 6.34. The highest BCUT2D eigenvalue weighted by Crippen LogP contribution is 2.41. The van der Waals surface area contributed by atoms with Gasteiger partial charge in [0, 0.05) is 32.7 Å². The van der Waals surface area contributed by atoms with Gasteiger partial charge in [-0.05, 0) is 29.7 Å². The first-order valence-corrected chi connectivity index (χ1v) is 8.28. The molecule has 130 valence electrons. The number of methoxy groups -OCH3 is 2. The van der Waals surface area contributed by atoms with Crippen molar-refractivity contribution >= 4 is 0 Å². The highest BCUT2D eigenvalue weighted by atomic mass is 16.7. The smallest absolute Gasteiger partial charge is 0.231 e. The van der Waals surface area contributed by atoms with Gasteiger partial charge in [-0.15, -0.1) is 0 Å². The van der Waals surface area contributed by atoms with Crippen LogP contribution < -0.4 is 14.8 Å². The Balaban J connectivity index is 1.60. The summed E-state index contributed by atoms with van der Waals surface area (Å²) in [6, 6.07) is 6.53. The van der Waals surface area contributed by atoms with Gasteiger partial charge in [0.1, 0.15) is 12.9 Å². The van der Waals surface area contributed by atoms with Crippen LogP contribution in [-0.4, -0.2) is 52.6 Å². The first-order chi connectivity index (χ1) is 11.8. The SMILES string of the molecule is COCO[C@@H]1C=C2[C@H](c3ccc4c(c3)OCO4)CN[C@@H]2C[C@@H]1OC. The predicted molar refractivity (Wildman–Crippen MR) is 87.3 cm³/mol. The molecule has 2 heterocycles. The molecule has 0 amide bonds. The van der Waals surface area contributed by atoms with Crippen molar-refractivity contribution in [2.24, 2.45) is 0 Å². The Kier molecular flexibility index (Phi) is 4.45. The maximum atomic E-state index is 5.81. The van der Waals surface area contributed by atoms with E-state index in [1.807, 2.05) is 6.07 Å². The van der Waals surface area contributed by atoms with Crippen molar-refractivity contribution in [3.05, 3.63) is 35.4 Å². The lowest BCUT2D eigenvalue weighted by atomic mass is 9.83. The molecular formula is C18H23NO5. The third kappa shape index (κ3) is 2.80. The number of rotatable bonds is 5. The van der Waals surface area contributed by atoms with E-state index in [-0.39, 0.29) is 19.0 Å². The van der Waals surface area contributed by atoms with E-state index < -0.39 is 0 Å². The highest BCUT2D eigenvalue weighted by Gasteiger charge is 2.39. The molecule has 4 rings (SSSR count). The Hall–Kier alpha value is -1.60. The maximum Gasteiger partial charge on any atom is 0.231 e.